The van der Waals surface area contributed by atoms with Gasteiger partial charge >= 0.3 is 0 Å². The summed E-state index contributed by atoms with van der Waals surface area (Å²) in [6.07, 6.45) is 0. The first-order valence-electron chi connectivity index (χ1n) is 7.89. The Morgan fingerprint density at radius 3 is 2.15 bits per heavy atom. The number of fused-ring (bicyclic) bond motifs is 1. The number of hydrogen-bond donors (Lipinski definition) is 0. The van der Waals surface area contributed by atoms with Gasteiger partial charge in [0.05, 0.1) is 15.6 Å². The predicted molar refractivity (Wildman–Crippen MR) is 109 cm³/mol. The summed E-state index contributed by atoms with van der Waals surface area (Å²) >= 11 is 18.5. The molecule has 0 unspecified atom stereocenters. The van der Waals surface area contributed by atoms with Gasteiger partial charge in [0, 0.05) is 16.0 Å². The van der Waals surface area contributed by atoms with Gasteiger partial charge in [0.25, 0.3) is 0 Å². The van der Waals surface area contributed by atoms with Crippen molar-refractivity contribution < 1.29 is 4.74 Å². The topological polar surface area (TPSA) is 22.1 Å². The lowest BCUT2D eigenvalue weighted by Crippen LogP contribution is -1.94. The molecule has 4 rings (SSSR count). The van der Waals surface area contributed by atoms with Crippen LogP contribution in [0.15, 0.2) is 72.8 Å². The lowest BCUT2D eigenvalue weighted by atomic mass is 10.0. The van der Waals surface area contributed by atoms with Gasteiger partial charge in [-0.3, -0.25) is 0 Å². The van der Waals surface area contributed by atoms with Gasteiger partial charge in [-0.15, -0.1) is 0 Å². The van der Waals surface area contributed by atoms with Crippen molar-refractivity contribution in [3.63, 3.8) is 0 Å². The SMILES string of the molecule is Clc1ccc(-c2cc3ccccc3nc2Oc2c(Cl)cccc2Cl)cc1. The summed E-state index contributed by atoms with van der Waals surface area (Å²) in [6, 6.07) is 22.6. The van der Waals surface area contributed by atoms with E-state index >= 15 is 0 Å². The molecule has 0 atom stereocenters. The van der Waals surface area contributed by atoms with Crippen LogP contribution in [-0.4, -0.2) is 4.98 Å². The number of benzene rings is 3. The Labute approximate surface area is 165 Å². The van der Waals surface area contributed by atoms with Crippen molar-refractivity contribution in [2.75, 3.05) is 0 Å². The quantitative estimate of drug-likeness (QED) is 0.352. The van der Waals surface area contributed by atoms with Crippen LogP contribution in [-0.2, 0) is 0 Å². The van der Waals surface area contributed by atoms with Crippen molar-refractivity contribution in [1.29, 1.82) is 0 Å². The van der Waals surface area contributed by atoms with E-state index < -0.39 is 0 Å². The number of halogens is 3. The average Bonchev–Trinajstić information content (AvgIpc) is 2.65. The third kappa shape index (κ3) is 3.36. The maximum absolute atomic E-state index is 6.26. The van der Waals surface area contributed by atoms with Gasteiger partial charge in [-0.2, -0.15) is 0 Å². The van der Waals surface area contributed by atoms with Crippen LogP contribution in [0.4, 0.5) is 0 Å². The van der Waals surface area contributed by atoms with Gasteiger partial charge in [-0.05, 0) is 42.0 Å². The molecule has 0 amide bonds. The lowest BCUT2D eigenvalue weighted by molar-refractivity contribution is 0.467. The number of aromatic nitrogens is 1. The van der Waals surface area contributed by atoms with Crippen LogP contribution in [0.3, 0.4) is 0 Å². The molecule has 0 spiro atoms. The molecule has 5 heteroatoms. The highest BCUT2D eigenvalue weighted by atomic mass is 35.5. The first-order chi connectivity index (χ1) is 12.6. The third-order valence-electron chi connectivity index (χ3n) is 3.96. The predicted octanol–water partition coefficient (Wildman–Crippen LogP) is 7.65. The smallest absolute Gasteiger partial charge is 0.227 e. The normalized spacial score (nSPS) is 10.9. The first kappa shape index (κ1) is 17.2. The van der Waals surface area contributed by atoms with Gasteiger partial charge in [-0.25, -0.2) is 4.98 Å². The Kier molecular flexibility index (Phi) is 4.73. The zero-order chi connectivity index (χ0) is 18.1. The minimum atomic E-state index is 0.383. The Morgan fingerprint density at radius 1 is 0.731 bits per heavy atom. The summed E-state index contributed by atoms with van der Waals surface area (Å²) in [7, 11) is 0. The monoisotopic (exact) mass is 399 g/mol. The van der Waals surface area contributed by atoms with E-state index in [0.29, 0.717) is 26.7 Å². The Morgan fingerprint density at radius 2 is 1.42 bits per heavy atom. The summed E-state index contributed by atoms with van der Waals surface area (Å²) in [4.78, 5) is 4.68. The molecule has 0 bridgehead atoms. The molecular formula is C21H12Cl3NO. The van der Waals surface area contributed by atoms with E-state index in [9.17, 15) is 0 Å². The number of rotatable bonds is 3. The first-order valence-corrected chi connectivity index (χ1v) is 9.03. The Hall–Kier alpha value is -2.26. The fraction of sp³-hybridized carbons (Fsp3) is 0. The molecule has 2 nitrogen and oxygen atoms in total. The van der Waals surface area contributed by atoms with Crippen molar-refractivity contribution in [3.8, 4) is 22.8 Å². The van der Waals surface area contributed by atoms with E-state index in [1.807, 2.05) is 54.6 Å². The van der Waals surface area contributed by atoms with Crippen molar-refractivity contribution in [1.82, 2.24) is 4.98 Å². The summed E-state index contributed by atoms with van der Waals surface area (Å²) < 4.78 is 6.06. The zero-order valence-corrected chi connectivity index (χ0v) is 15.7. The number of hydrogen-bond acceptors (Lipinski definition) is 2. The molecule has 0 radical (unpaired) electrons. The molecule has 0 aliphatic rings. The third-order valence-corrected chi connectivity index (χ3v) is 4.81. The van der Waals surface area contributed by atoms with Crippen LogP contribution in [0, 0.1) is 0 Å². The van der Waals surface area contributed by atoms with Gasteiger partial charge in [0.2, 0.25) is 5.88 Å². The van der Waals surface area contributed by atoms with E-state index in [1.54, 1.807) is 18.2 Å². The Balaban J connectivity index is 1.91. The Bertz CT molecular complexity index is 1070. The van der Waals surface area contributed by atoms with Crippen molar-refractivity contribution in [2.45, 2.75) is 0 Å². The molecule has 4 aromatic rings. The lowest BCUT2D eigenvalue weighted by Gasteiger charge is -2.14. The highest BCUT2D eigenvalue weighted by Gasteiger charge is 2.15. The van der Waals surface area contributed by atoms with Crippen LogP contribution < -0.4 is 4.74 Å². The molecule has 128 valence electrons. The number of ether oxygens (including phenoxy) is 1. The molecule has 26 heavy (non-hydrogen) atoms. The number of pyridine rings is 1. The summed E-state index contributed by atoms with van der Waals surface area (Å²) in [5.41, 5.74) is 2.59. The van der Waals surface area contributed by atoms with Crippen molar-refractivity contribution in [3.05, 3.63) is 87.9 Å². The van der Waals surface area contributed by atoms with Crippen molar-refractivity contribution >= 4 is 45.7 Å². The van der Waals surface area contributed by atoms with Gasteiger partial charge in [0.1, 0.15) is 0 Å². The molecule has 3 aromatic carbocycles. The molecular weight excluding hydrogens is 389 g/mol. The fourth-order valence-corrected chi connectivity index (χ4v) is 3.29. The maximum atomic E-state index is 6.26. The standard InChI is InChI=1S/C21H12Cl3NO/c22-15-10-8-13(9-11-15)16-12-14-4-1-2-7-19(14)25-21(16)26-20-17(23)5-3-6-18(20)24/h1-12H. The summed E-state index contributed by atoms with van der Waals surface area (Å²) in [6.45, 7) is 0. The second-order valence-electron chi connectivity index (χ2n) is 5.69. The maximum Gasteiger partial charge on any atom is 0.227 e. The van der Waals surface area contributed by atoms with E-state index in [2.05, 4.69) is 4.98 Å². The highest BCUT2D eigenvalue weighted by Crippen LogP contribution is 2.40. The second-order valence-corrected chi connectivity index (χ2v) is 6.94. The molecule has 1 heterocycles. The molecule has 1 aromatic heterocycles. The van der Waals surface area contributed by atoms with E-state index in [0.717, 1.165) is 22.0 Å². The molecule has 0 aliphatic carbocycles. The molecule has 0 saturated carbocycles. The van der Waals surface area contributed by atoms with Gasteiger partial charge in [0.15, 0.2) is 5.75 Å². The highest BCUT2D eigenvalue weighted by molar-refractivity contribution is 6.37. The number of nitrogens with zero attached hydrogens (tertiary/aromatic N) is 1. The molecule has 0 aliphatic heterocycles. The number of para-hydroxylation sites is 2. The molecule has 0 N–H and O–H groups in total. The van der Waals surface area contributed by atoms with Crippen molar-refractivity contribution in [2.24, 2.45) is 0 Å². The van der Waals surface area contributed by atoms with E-state index in [-0.39, 0.29) is 0 Å². The average molecular weight is 401 g/mol. The minimum absolute atomic E-state index is 0.383. The second kappa shape index (κ2) is 7.16. The van der Waals surface area contributed by atoms with E-state index in [1.165, 1.54) is 0 Å². The fourth-order valence-electron chi connectivity index (χ4n) is 2.69. The summed E-state index contributed by atoms with van der Waals surface area (Å²) in [5.74, 6) is 0.815. The molecule has 0 fully saturated rings. The van der Waals surface area contributed by atoms with Crippen LogP contribution in [0.1, 0.15) is 0 Å². The van der Waals surface area contributed by atoms with Crippen LogP contribution in [0.25, 0.3) is 22.0 Å². The van der Waals surface area contributed by atoms with Crippen LogP contribution in [0.2, 0.25) is 15.1 Å². The van der Waals surface area contributed by atoms with Crippen LogP contribution >= 0.6 is 34.8 Å². The largest absolute Gasteiger partial charge is 0.435 e. The van der Waals surface area contributed by atoms with Gasteiger partial charge < -0.3 is 4.74 Å². The van der Waals surface area contributed by atoms with Crippen LogP contribution in [0.5, 0.6) is 11.6 Å². The zero-order valence-electron chi connectivity index (χ0n) is 13.4. The summed E-state index contributed by atoms with van der Waals surface area (Å²) in [5, 5.41) is 2.53. The van der Waals surface area contributed by atoms with E-state index in [4.69, 9.17) is 39.5 Å². The minimum Gasteiger partial charge on any atom is -0.435 e. The van der Waals surface area contributed by atoms with Gasteiger partial charge in [-0.1, -0.05) is 71.2 Å². The molecule has 0 saturated heterocycles.